The highest BCUT2D eigenvalue weighted by Gasteiger charge is 2.29. The van der Waals surface area contributed by atoms with E-state index in [9.17, 15) is 0 Å². The number of fused-ring (bicyclic) bond motifs is 1. The van der Waals surface area contributed by atoms with E-state index in [0.717, 1.165) is 48.8 Å². The second kappa shape index (κ2) is 5.71. The summed E-state index contributed by atoms with van der Waals surface area (Å²) in [5.74, 6) is 2.75. The lowest BCUT2D eigenvalue weighted by Gasteiger charge is -2.38. The van der Waals surface area contributed by atoms with E-state index in [4.69, 9.17) is 4.98 Å². The van der Waals surface area contributed by atoms with E-state index >= 15 is 0 Å². The highest BCUT2D eigenvalue weighted by atomic mass is 32.2. The Balaban J connectivity index is 1.97. The van der Waals surface area contributed by atoms with Gasteiger partial charge < -0.3 is 15.2 Å². The molecule has 0 aliphatic carbocycles. The summed E-state index contributed by atoms with van der Waals surface area (Å²) in [7, 11) is 0. The molecule has 2 aromatic heterocycles. The maximum absolute atomic E-state index is 4.72. The van der Waals surface area contributed by atoms with Crippen LogP contribution in [-0.4, -0.2) is 50.1 Å². The number of aromatic amines is 1. The van der Waals surface area contributed by atoms with Crippen molar-refractivity contribution in [2.45, 2.75) is 31.9 Å². The third-order valence-corrected chi connectivity index (χ3v) is 4.82. The number of nitrogens with one attached hydrogen (secondary N) is 2. The number of rotatable bonds is 4. The number of imidazole rings is 1. The van der Waals surface area contributed by atoms with Gasteiger partial charge in [0.2, 0.25) is 5.95 Å². The molecule has 1 fully saturated rings. The molecule has 0 amide bonds. The van der Waals surface area contributed by atoms with Crippen LogP contribution in [0, 0.1) is 0 Å². The lowest BCUT2D eigenvalue weighted by Crippen LogP contribution is -2.43. The fourth-order valence-electron chi connectivity index (χ4n) is 2.56. The van der Waals surface area contributed by atoms with Crippen LogP contribution in [-0.2, 0) is 0 Å². The molecule has 0 unspecified atom stereocenters. The van der Waals surface area contributed by atoms with E-state index in [-0.39, 0.29) is 4.75 Å². The van der Waals surface area contributed by atoms with E-state index in [0.29, 0.717) is 5.95 Å². The second-order valence-electron chi connectivity index (χ2n) is 5.93. The van der Waals surface area contributed by atoms with Crippen molar-refractivity contribution in [2.75, 3.05) is 35.6 Å². The standard InChI is InChI=1S/C14H22N6S/c1-4-5-15-13-18-11-10(16-9-17-11)12(19-13)20-6-7-21-14(2,3)8-20/h9H,4-8H2,1-3H3,(H2,15,16,17,18,19). The van der Waals surface area contributed by atoms with Crippen LogP contribution in [0.2, 0.25) is 0 Å². The second-order valence-corrected chi connectivity index (χ2v) is 7.73. The number of anilines is 2. The molecule has 2 aromatic rings. The van der Waals surface area contributed by atoms with Crippen LogP contribution in [0.3, 0.4) is 0 Å². The molecule has 0 aromatic carbocycles. The van der Waals surface area contributed by atoms with Gasteiger partial charge >= 0.3 is 0 Å². The summed E-state index contributed by atoms with van der Waals surface area (Å²) in [6.45, 7) is 9.56. The minimum atomic E-state index is 0.243. The first-order valence-electron chi connectivity index (χ1n) is 7.43. The van der Waals surface area contributed by atoms with Crippen LogP contribution < -0.4 is 10.2 Å². The van der Waals surface area contributed by atoms with Crippen LogP contribution in [0.4, 0.5) is 11.8 Å². The predicted molar refractivity (Wildman–Crippen MR) is 89.2 cm³/mol. The Morgan fingerprint density at radius 2 is 2.29 bits per heavy atom. The first-order chi connectivity index (χ1) is 10.1. The summed E-state index contributed by atoms with van der Waals surface area (Å²) >= 11 is 2.02. The number of thioether (sulfide) groups is 1. The lowest BCUT2D eigenvalue weighted by atomic mass is 10.2. The average Bonchev–Trinajstić information content (AvgIpc) is 2.91. The molecule has 0 spiro atoms. The first kappa shape index (κ1) is 14.4. The fraction of sp³-hybridized carbons (Fsp3) is 0.643. The third-order valence-electron chi connectivity index (χ3n) is 3.52. The van der Waals surface area contributed by atoms with E-state index in [1.807, 2.05) is 11.8 Å². The van der Waals surface area contributed by atoms with Crippen molar-refractivity contribution >= 4 is 34.7 Å². The molecule has 1 saturated heterocycles. The zero-order chi connectivity index (χ0) is 14.9. The minimum Gasteiger partial charge on any atom is -0.354 e. The topological polar surface area (TPSA) is 69.7 Å². The molecule has 6 nitrogen and oxygen atoms in total. The van der Waals surface area contributed by atoms with Crippen LogP contribution in [0.5, 0.6) is 0 Å². The van der Waals surface area contributed by atoms with Gasteiger partial charge in [-0.15, -0.1) is 0 Å². The SMILES string of the molecule is CCCNc1nc(N2CCSC(C)(C)C2)c2[nH]cnc2n1. The van der Waals surface area contributed by atoms with Crippen LogP contribution in [0.15, 0.2) is 6.33 Å². The van der Waals surface area contributed by atoms with Gasteiger partial charge in [0, 0.05) is 30.1 Å². The summed E-state index contributed by atoms with van der Waals surface area (Å²) in [5, 5.41) is 3.27. The van der Waals surface area contributed by atoms with Crippen LogP contribution >= 0.6 is 11.8 Å². The number of hydrogen-bond donors (Lipinski definition) is 2. The van der Waals surface area contributed by atoms with Gasteiger partial charge in [-0.25, -0.2) is 4.98 Å². The van der Waals surface area contributed by atoms with Gasteiger partial charge in [0.1, 0.15) is 5.52 Å². The number of H-pyrrole nitrogens is 1. The molecule has 0 saturated carbocycles. The zero-order valence-electron chi connectivity index (χ0n) is 12.8. The Morgan fingerprint density at radius 3 is 3.05 bits per heavy atom. The van der Waals surface area contributed by atoms with Crippen molar-refractivity contribution < 1.29 is 0 Å². The molecule has 3 heterocycles. The van der Waals surface area contributed by atoms with Gasteiger partial charge in [-0.05, 0) is 20.3 Å². The summed E-state index contributed by atoms with van der Waals surface area (Å²) in [6, 6.07) is 0. The van der Waals surface area contributed by atoms with Crippen LogP contribution in [0.1, 0.15) is 27.2 Å². The lowest BCUT2D eigenvalue weighted by molar-refractivity contribution is 0.643. The Hall–Kier alpha value is -1.50. The number of nitrogens with zero attached hydrogens (tertiary/aromatic N) is 4. The summed E-state index contributed by atoms with van der Waals surface area (Å²) in [6.07, 6.45) is 2.74. The van der Waals surface area contributed by atoms with E-state index < -0.39 is 0 Å². The zero-order valence-corrected chi connectivity index (χ0v) is 13.6. The minimum absolute atomic E-state index is 0.243. The molecule has 7 heteroatoms. The monoisotopic (exact) mass is 306 g/mol. The quantitative estimate of drug-likeness (QED) is 0.904. The summed E-state index contributed by atoms with van der Waals surface area (Å²) in [4.78, 5) is 19.0. The molecule has 0 bridgehead atoms. The third kappa shape index (κ3) is 3.07. The largest absolute Gasteiger partial charge is 0.354 e. The summed E-state index contributed by atoms with van der Waals surface area (Å²) < 4.78 is 0.243. The van der Waals surface area contributed by atoms with E-state index in [1.165, 1.54) is 0 Å². The number of aromatic nitrogens is 4. The molecular weight excluding hydrogens is 284 g/mol. The van der Waals surface area contributed by atoms with Gasteiger partial charge in [-0.1, -0.05) is 6.92 Å². The van der Waals surface area contributed by atoms with Gasteiger partial charge in [0.25, 0.3) is 0 Å². The van der Waals surface area contributed by atoms with E-state index in [1.54, 1.807) is 6.33 Å². The molecule has 2 N–H and O–H groups in total. The van der Waals surface area contributed by atoms with Crippen molar-refractivity contribution in [3.05, 3.63) is 6.33 Å². The number of hydrogen-bond acceptors (Lipinski definition) is 6. The average molecular weight is 306 g/mol. The van der Waals surface area contributed by atoms with Crippen molar-refractivity contribution in [1.82, 2.24) is 19.9 Å². The molecule has 0 radical (unpaired) electrons. The van der Waals surface area contributed by atoms with Crippen molar-refractivity contribution in [3.63, 3.8) is 0 Å². The Bertz CT molecular complexity index is 623. The normalized spacial score (nSPS) is 18.1. The first-order valence-corrected chi connectivity index (χ1v) is 8.41. The molecule has 21 heavy (non-hydrogen) atoms. The van der Waals surface area contributed by atoms with Crippen molar-refractivity contribution in [2.24, 2.45) is 0 Å². The molecule has 1 aliphatic rings. The smallest absolute Gasteiger partial charge is 0.226 e. The van der Waals surface area contributed by atoms with Crippen molar-refractivity contribution in [3.8, 4) is 0 Å². The Kier molecular flexibility index (Phi) is 3.93. The molecule has 114 valence electrons. The Labute approximate surface area is 129 Å². The molecular formula is C14H22N6S. The maximum Gasteiger partial charge on any atom is 0.226 e. The van der Waals surface area contributed by atoms with Crippen LogP contribution in [0.25, 0.3) is 11.2 Å². The van der Waals surface area contributed by atoms with E-state index in [2.05, 4.69) is 45.9 Å². The van der Waals surface area contributed by atoms with Gasteiger partial charge in [0.15, 0.2) is 11.5 Å². The van der Waals surface area contributed by atoms with Crippen molar-refractivity contribution in [1.29, 1.82) is 0 Å². The molecule has 3 rings (SSSR count). The summed E-state index contributed by atoms with van der Waals surface area (Å²) in [5.41, 5.74) is 1.66. The maximum atomic E-state index is 4.72. The Morgan fingerprint density at radius 1 is 1.43 bits per heavy atom. The van der Waals surface area contributed by atoms with Gasteiger partial charge in [-0.3, -0.25) is 0 Å². The highest BCUT2D eigenvalue weighted by molar-refractivity contribution is 8.00. The molecule has 1 aliphatic heterocycles. The van der Waals surface area contributed by atoms with Gasteiger partial charge in [-0.2, -0.15) is 21.7 Å². The predicted octanol–water partition coefficient (Wildman–Crippen LogP) is 2.51. The van der Waals surface area contributed by atoms with Gasteiger partial charge in [0.05, 0.1) is 6.33 Å². The fourth-order valence-corrected chi connectivity index (χ4v) is 3.67. The molecule has 0 atom stereocenters. The highest BCUT2D eigenvalue weighted by Crippen LogP contribution is 2.33.